The Morgan fingerprint density at radius 2 is 1.57 bits per heavy atom. The molecule has 0 spiro atoms. The van der Waals surface area contributed by atoms with Crippen LogP contribution in [0.3, 0.4) is 0 Å². The predicted octanol–water partition coefficient (Wildman–Crippen LogP) is 2.80. The van der Waals surface area contributed by atoms with Gasteiger partial charge in [-0.2, -0.15) is 0 Å². The molecule has 0 fully saturated rings. The zero-order chi connectivity index (χ0) is 11.6. The van der Waals surface area contributed by atoms with E-state index in [9.17, 15) is 0 Å². The highest BCUT2D eigenvalue weighted by atomic mass is 14.9. The maximum Gasteiger partial charge on any atom is 0.127 e. The van der Waals surface area contributed by atoms with Crippen LogP contribution < -0.4 is 5.73 Å². The summed E-state index contributed by atoms with van der Waals surface area (Å²) in [5.41, 5.74) is 5.68. The van der Waals surface area contributed by atoms with Crippen molar-refractivity contribution in [2.45, 2.75) is 48.0 Å². The van der Waals surface area contributed by atoms with Crippen molar-refractivity contribution in [2.75, 3.05) is 0 Å². The van der Waals surface area contributed by atoms with Crippen molar-refractivity contribution in [3.05, 3.63) is 0 Å². The summed E-state index contributed by atoms with van der Waals surface area (Å²) in [7, 11) is 0. The van der Waals surface area contributed by atoms with Gasteiger partial charge in [-0.3, -0.25) is 5.41 Å². The SMILES string of the molecule is CC(C)(C)CC(N)=NC(=N)C(C)(C)C. The molecule has 0 bridgehead atoms. The molecule has 0 amide bonds. The molecule has 0 aromatic rings. The van der Waals surface area contributed by atoms with Crippen molar-refractivity contribution < 1.29 is 0 Å². The van der Waals surface area contributed by atoms with Crippen molar-refractivity contribution in [1.29, 1.82) is 5.41 Å². The zero-order valence-electron chi connectivity index (χ0n) is 10.2. The van der Waals surface area contributed by atoms with E-state index in [0.717, 1.165) is 6.42 Å². The molecule has 0 saturated heterocycles. The van der Waals surface area contributed by atoms with E-state index >= 15 is 0 Å². The maximum atomic E-state index is 7.71. The van der Waals surface area contributed by atoms with Gasteiger partial charge in [0.2, 0.25) is 0 Å². The number of nitrogens with zero attached hydrogens (tertiary/aromatic N) is 1. The second-order valence-electron chi connectivity index (χ2n) is 5.94. The smallest absolute Gasteiger partial charge is 0.127 e. The largest absolute Gasteiger partial charge is 0.387 e. The summed E-state index contributed by atoms with van der Waals surface area (Å²) in [5.74, 6) is 0.900. The molecular weight excluding hydrogens is 174 g/mol. The summed E-state index contributed by atoms with van der Waals surface area (Å²) in [4.78, 5) is 4.11. The van der Waals surface area contributed by atoms with E-state index in [0.29, 0.717) is 11.7 Å². The minimum absolute atomic E-state index is 0.131. The highest BCUT2D eigenvalue weighted by molar-refractivity contribution is 5.97. The molecule has 0 aliphatic heterocycles. The lowest BCUT2D eigenvalue weighted by atomic mass is 9.91. The van der Waals surface area contributed by atoms with Crippen molar-refractivity contribution in [3.8, 4) is 0 Å². The van der Waals surface area contributed by atoms with Crippen LogP contribution in [0.25, 0.3) is 0 Å². The summed E-state index contributed by atoms with van der Waals surface area (Å²) < 4.78 is 0. The fourth-order valence-corrected chi connectivity index (χ4v) is 0.894. The predicted molar refractivity (Wildman–Crippen MR) is 62.9 cm³/mol. The first-order chi connectivity index (χ1) is 6.02. The van der Waals surface area contributed by atoms with Gasteiger partial charge in [0.25, 0.3) is 0 Å². The third-order valence-electron chi connectivity index (χ3n) is 1.68. The van der Waals surface area contributed by atoms with Gasteiger partial charge in [-0.05, 0) is 5.41 Å². The Hall–Kier alpha value is -0.860. The highest BCUT2D eigenvalue weighted by Gasteiger charge is 2.18. The molecule has 0 radical (unpaired) electrons. The molecule has 0 aliphatic rings. The molecule has 0 heterocycles. The summed E-state index contributed by atoms with van der Waals surface area (Å²) in [6.45, 7) is 12.2. The monoisotopic (exact) mass is 197 g/mol. The van der Waals surface area contributed by atoms with E-state index in [1.807, 2.05) is 20.8 Å². The van der Waals surface area contributed by atoms with Gasteiger partial charge in [0.05, 0.1) is 0 Å². The first kappa shape index (κ1) is 13.1. The Labute approximate surface area is 87.3 Å². The van der Waals surface area contributed by atoms with Crippen LogP contribution >= 0.6 is 0 Å². The second kappa shape index (κ2) is 4.11. The van der Waals surface area contributed by atoms with Crippen molar-refractivity contribution >= 4 is 11.7 Å². The number of amidine groups is 2. The third kappa shape index (κ3) is 5.73. The molecule has 82 valence electrons. The van der Waals surface area contributed by atoms with E-state index in [2.05, 4.69) is 25.8 Å². The van der Waals surface area contributed by atoms with Crippen LogP contribution in [0.2, 0.25) is 0 Å². The van der Waals surface area contributed by atoms with Gasteiger partial charge in [-0.25, -0.2) is 4.99 Å². The quantitative estimate of drug-likeness (QED) is 0.493. The number of aliphatic imine (C=N–C) groups is 1. The maximum absolute atomic E-state index is 7.71. The lowest BCUT2D eigenvalue weighted by Crippen LogP contribution is -2.25. The van der Waals surface area contributed by atoms with Crippen LogP contribution in [-0.4, -0.2) is 11.7 Å². The molecule has 0 aliphatic carbocycles. The van der Waals surface area contributed by atoms with Crippen LogP contribution in [0.4, 0.5) is 0 Å². The van der Waals surface area contributed by atoms with Crippen LogP contribution in [0.5, 0.6) is 0 Å². The Kier molecular flexibility index (Phi) is 3.86. The minimum atomic E-state index is -0.220. The second-order valence-corrected chi connectivity index (χ2v) is 5.94. The number of rotatable bonds is 1. The Bertz CT molecular complexity index is 238. The molecule has 14 heavy (non-hydrogen) atoms. The lowest BCUT2D eigenvalue weighted by molar-refractivity contribution is 0.432. The first-order valence-corrected chi connectivity index (χ1v) is 4.94. The molecule has 3 heteroatoms. The van der Waals surface area contributed by atoms with Gasteiger partial charge >= 0.3 is 0 Å². The fourth-order valence-electron chi connectivity index (χ4n) is 0.894. The lowest BCUT2D eigenvalue weighted by Gasteiger charge is -2.20. The number of hydrogen-bond acceptors (Lipinski definition) is 1. The standard InChI is InChI=1S/C11H23N3/c1-10(2,3)7-8(12)14-9(13)11(4,5)6/h7H2,1-6H3,(H3,12,13,14). The van der Waals surface area contributed by atoms with Crippen LogP contribution in [-0.2, 0) is 0 Å². The molecule has 0 rings (SSSR count). The number of nitrogens with two attached hydrogens (primary N) is 1. The van der Waals surface area contributed by atoms with Gasteiger partial charge in [0.15, 0.2) is 0 Å². The number of nitrogens with one attached hydrogen (secondary N) is 1. The van der Waals surface area contributed by atoms with Gasteiger partial charge in [0.1, 0.15) is 11.7 Å². The molecule has 0 unspecified atom stereocenters. The van der Waals surface area contributed by atoms with Gasteiger partial charge in [-0.15, -0.1) is 0 Å². The summed E-state index contributed by atoms with van der Waals surface area (Å²) in [6.07, 6.45) is 0.728. The average Bonchev–Trinajstić information content (AvgIpc) is 1.79. The summed E-state index contributed by atoms with van der Waals surface area (Å²) in [5, 5.41) is 7.71. The molecule has 3 nitrogen and oxygen atoms in total. The van der Waals surface area contributed by atoms with Crippen LogP contribution in [0, 0.1) is 16.2 Å². The normalized spacial score (nSPS) is 14.3. The van der Waals surface area contributed by atoms with Crippen LogP contribution in [0.1, 0.15) is 48.0 Å². The molecule has 0 saturated carbocycles. The Morgan fingerprint density at radius 1 is 1.14 bits per heavy atom. The molecule has 0 atom stereocenters. The van der Waals surface area contributed by atoms with E-state index in [4.69, 9.17) is 11.1 Å². The van der Waals surface area contributed by atoms with E-state index in [1.165, 1.54) is 0 Å². The average molecular weight is 197 g/mol. The Morgan fingerprint density at radius 3 is 1.86 bits per heavy atom. The third-order valence-corrected chi connectivity index (χ3v) is 1.68. The topological polar surface area (TPSA) is 62.2 Å². The molecule has 0 aromatic carbocycles. The van der Waals surface area contributed by atoms with Crippen molar-refractivity contribution in [2.24, 2.45) is 21.6 Å². The summed E-state index contributed by atoms with van der Waals surface area (Å²) in [6, 6.07) is 0. The van der Waals surface area contributed by atoms with Crippen LogP contribution in [0.15, 0.2) is 4.99 Å². The van der Waals surface area contributed by atoms with Crippen molar-refractivity contribution in [3.63, 3.8) is 0 Å². The van der Waals surface area contributed by atoms with E-state index < -0.39 is 0 Å². The fraction of sp³-hybridized carbons (Fsp3) is 0.818. The van der Waals surface area contributed by atoms with E-state index in [1.54, 1.807) is 0 Å². The molecule has 3 N–H and O–H groups in total. The molecule has 0 aromatic heterocycles. The molecular formula is C11H23N3. The van der Waals surface area contributed by atoms with Gasteiger partial charge < -0.3 is 5.73 Å². The Balaban J connectivity index is 4.47. The first-order valence-electron chi connectivity index (χ1n) is 4.94. The van der Waals surface area contributed by atoms with Gasteiger partial charge in [-0.1, -0.05) is 41.5 Å². The van der Waals surface area contributed by atoms with E-state index in [-0.39, 0.29) is 10.8 Å². The zero-order valence-corrected chi connectivity index (χ0v) is 10.2. The van der Waals surface area contributed by atoms with Crippen molar-refractivity contribution in [1.82, 2.24) is 0 Å². The number of hydrogen-bond donors (Lipinski definition) is 2. The van der Waals surface area contributed by atoms with Gasteiger partial charge in [0, 0.05) is 11.8 Å². The summed E-state index contributed by atoms with van der Waals surface area (Å²) >= 11 is 0. The highest BCUT2D eigenvalue weighted by Crippen LogP contribution is 2.20. The minimum Gasteiger partial charge on any atom is -0.387 e.